The average Bonchev–Trinajstić information content (AvgIpc) is 3.56. The fourth-order valence-electron chi connectivity index (χ4n) is 5.31. The van der Waals surface area contributed by atoms with Crippen LogP contribution in [0, 0.1) is 6.92 Å². The molecule has 4 aromatic carbocycles. The molecule has 218 valence electrons. The number of benzene rings is 4. The first kappa shape index (κ1) is 28.7. The van der Waals surface area contributed by atoms with E-state index in [0.717, 1.165) is 22.3 Å². The van der Waals surface area contributed by atoms with Crippen molar-refractivity contribution in [2.45, 2.75) is 23.8 Å². The van der Waals surface area contributed by atoms with Crippen molar-refractivity contribution in [3.63, 3.8) is 0 Å². The van der Waals surface area contributed by atoms with Gasteiger partial charge in [-0.2, -0.15) is 28.5 Å². The second-order valence-electron chi connectivity index (χ2n) is 10.3. The number of imidazole rings is 1. The van der Waals surface area contributed by atoms with Crippen LogP contribution in [0.2, 0.25) is 0 Å². The number of rotatable bonds is 10. The fourth-order valence-corrected chi connectivity index (χ4v) is 6.14. The molecule has 6 rings (SSSR count). The van der Waals surface area contributed by atoms with Gasteiger partial charge in [-0.1, -0.05) is 109 Å². The Bertz CT molecular complexity index is 1870. The largest absolute Gasteiger partial charge is 0.318 e. The Morgan fingerprint density at radius 3 is 1.86 bits per heavy atom. The second-order valence-corrected chi connectivity index (χ2v) is 12.0. The topological polar surface area (TPSA) is 102 Å². The molecule has 0 saturated heterocycles. The summed E-state index contributed by atoms with van der Waals surface area (Å²) in [6, 6.07) is 40.9. The highest BCUT2D eigenvalue weighted by atomic mass is 32.2. The maximum Gasteiger partial charge on any atom is 0.276 e. The lowest BCUT2D eigenvalue weighted by Gasteiger charge is -2.37. The predicted molar refractivity (Wildman–Crippen MR) is 171 cm³/mol. The first-order chi connectivity index (χ1) is 21.5. The van der Waals surface area contributed by atoms with Crippen molar-refractivity contribution in [2.75, 3.05) is 0 Å². The summed E-state index contributed by atoms with van der Waals surface area (Å²) in [5, 5.41) is 12.6. The van der Waals surface area contributed by atoms with Crippen LogP contribution in [0.4, 0.5) is 0 Å². The van der Waals surface area contributed by atoms with Crippen LogP contribution in [0.3, 0.4) is 0 Å². The van der Waals surface area contributed by atoms with E-state index < -0.39 is 15.6 Å². The number of nitrogens with one attached hydrogen (secondary N) is 1. The van der Waals surface area contributed by atoms with Gasteiger partial charge in [0.25, 0.3) is 10.0 Å². The van der Waals surface area contributed by atoms with Gasteiger partial charge in [-0.15, -0.1) is 0 Å². The Morgan fingerprint density at radius 2 is 1.34 bits per heavy atom. The molecular formula is C35H30N6O2S. The molecule has 8 nitrogen and oxygen atoms in total. The lowest BCUT2D eigenvalue weighted by atomic mass is 9.77. The third kappa shape index (κ3) is 5.77. The maximum absolute atomic E-state index is 13.2. The fraction of sp³-hybridized carbons (Fsp3) is 0.0857. The van der Waals surface area contributed by atoms with Gasteiger partial charge in [0.05, 0.1) is 22.6 Å². The molecule has 0 unspecified atom stereocenters. The monoisotopic (exact) mass is 598 g/mol. The highest BCUT2D eigenvalue weighted by Gasteiger charge is 2.38. The highest BCUT2D eigenvalue weighted by molar-refractivity contribution is 7.89. The second kappa shape index (κ2) is 12.4. The Morgan fingerprint density at radius 1 is 0.773 bits per heavy atom. The minimum atomic E-state index is -3.93. The van der Waals surface area contributed by atoms with Crippen molar-refractivity contribution in [2.24, 2.45) is 5.10 Å². The lowest BCUT2D eigenvalue weighted by molar-refractivity contribution is 0.514. The van der Waals surface area contributed by atoms with E-state index in [1.165, 1.54) is 0 Å². The van der Waals surface area contributed by atoms with Crippen molar-refractivity contribution in [3.8, 4) is 0 Å². The number of aromatic nitrogens is 4. The summed E-state index contributed by atoms with van der Waals surface area (Å²) in [4.78, 5) is 7.33. The molecule has 0 aliphatic heterocycles. The number of sulfonamides is 1. The summed E-state index contributed by atoms with van der Waals surface area (Å²) in [5.41, 5.74) is 4.79. The molecule has 0 fully saturated rings. The van der Waals surface area contributed by atoms with Gasteiger partial charge in [-0.25, -0.2) is 4.98 Å². The molecular weight excluding hydrogens is 568 g/mol. The van der Waals surface area contributed by atoms with Crippen LogP contribution in [0.15, 0.2) is 156 Å². The molecule has 0 spiro atoms. The Labute approximate surface area is 256 Å². The van der Waals surface area contributed by atoms with Gasteiger partial charge in [-0.05, 0) is 47.9 Å². The molecule has 0 bridgehead atoms. The average molecular weight is 599 g/mol. The maximum atomic E-state index is 13.2. The molecule has 0 radical (unpaired) electrons. The molecule has 0 saturated carbocycles. The molecule has 2 heterocycles. The summed E-state index contributed by atoms with van der Waals surface area (Å²) in [5.74, 6) is 0. The molecule has 2 aromatic heterocycles. The van der Waals surface area contributed by atoms with E-state index in [4.69, 9.17) is 4.98 Å². The van der Waals surface area contributed by atoms with Crippen molar-refractivity contribution in [1.29, 1.82) is 0 Å². The van der Waals surface area contributed by atoms with Crippen LogP contribution in [-0.2, 0) is 22.0 Å². The zero-order valence-electron chi connectivity index (χ0n) is 24.0. The van der Waals surface area contributed by atoms with Gasteiger partial charge in [0.2, 0.25) is 0 Å². The van der Waals surface area contributed by atoms with E-state index >= 15 is 0 Å². The van der Waals surface area contributed by atoms with Gasteiger partial charge in [0.1, 0.15) is 11.2 Å². The van der Waals surface area contributed by atoms with Crippen LogP contribution in [0.1, 0.15) is 33.6 Å². The van der Waals surface area contributed by atoms with E-state index in [2.05, 4.69) is 61.1 Å². The van der Waals surface area contributed by atoms with Crippen LogP contribution in [0.25, 0.3) is 0 Å². The number of aryl methyl sites for hydroxylation is 1. The summed E-state index contributed by atoms with van der Waals surface area (Å²) < 4.78 is 28.4. The van der Waals surface area contributed by atoms with Gasteiger partial charge >= 0.3 is 0 Å². The number of hydrogen-bond acceptors (Lipinski definition) is 6. The first-order valence-electron chi connectivity index (χ1n) is 14.1. The molecule has 1 N–H and O–H groups in total. The van der Waals surface area contributed by atoms with Crippen LogP contribution in [0.5, 0.6) is 0 Å². The quantitative estimate of drug-likeness (QED) is 0.123. The van der Waals surface area contributed by atoms with Gasteiger partial charge in [-0.3, -0.25) is 0 Å². The third-order valence-electron chi connectivity index (χ3n) is 7.45. The smallest absolute Gasteiger partial charge is 0.276 e. The van der Waals surface area contributed by atoms with Crippen LogP contribution < -0.4 is 4.83 Å². The van der Waals surface area contributed by atoms with Crippen LogP contribution >= 0.6 is 0 Å². The summed E-state index contributed by atoms with van der Waals surface area (Å²) >= 11 is 0. The Kier molecular flexibility index (Phi) is 8.12. The highest BCUT2D eigenvalue weighted by Crippen LogP contribution is 2.40. The van der Waals surface area contributed by atoms with E-state index in [1.807, 2.05) is 73.8 Å². The first-order valence-corrected chi connectivity index (χ1v) is 15.6. The molecule has 44 heavy (non-hydrogen) atoms. The standard InChI is InChI=1S/C35H30N6O2S/c1-27-19-21-32(22-20-27)44(42,43)40-39-33(24-31-18-11-23-37-38-31)34-25-41(26-36-34)35(28-12-5-2-6-13-28,29-14-7-3-8-15-29)30-16-9-4-10-17-30/h2-23,25-26,40H,24H2,1H3/b39-33+. The Balaban J connectivity index is 1.50. The Hall–Kier alpha value is -5.41. The third-order valence-corrected chi connectivity index (χ3v) is 8.67. The van der Waals surface area contributed by atoms with Gasteiger partial charge < -0.3 is 4.57 Å². The molecule has 0 amide bonds. The molecule has 6 aromatic rings. The zero-order chi connectivity index (χ0) is 30.4. The van der Waals surface area contributed by atoms with E-state index in [-0.39, 0.29) is 11.3 Å². The van der Waals surface area contributed by atoms with Crippen molar-refractivity contribution < 1.29 is 8.42 Å². The zero-order valence-corrected chi connectivity index (χ0v) is 24.8. The van der Waals surface area contributed by atoms with Crippen molar-refractivity contribution >= 4 is 15.7 Å². The molecule has 0 aliphatic carbocycles. The summed E-state index contributed by atoms with van der Waals surface area (Å²) in [6.45, 7) is 1.90. The van der Waals surface area contributed by atoms with Crippen molar-refractivity contribution in [1.82, 2.24) is 24.6 Å². The van der Waals surface area contributed by atoms with Gasteiger partial charge in [0, 0.05) is 18.8 Å². The number of hydrogen-bond donors (Lipinski definition) is 1. The number of hydrazone groups is 1. The minimum absolute atomic E-state index is 0.118. The van der Waals surface area contributed by atoms with E-state index in [0.29, 0.717) is 17.1 Å². The molecule has 0 atom stereocenters. The SMILES string of the molecule is Cc1ccc(S(=O)(=O)N/N=C(\Cc2cccnn2)c2cn(C(c3ccccc3)(c3ccccc3)c3ccccc3)cn2)cc1. The van der Waals surface area contributed by atoms with Crippen LogP contribution in [-0.4, -0.2) is 33.9 Å². The normalized spacial score (nSPS) is 12.2. The van der Waals surface area contributed by atoms with Gasteiger partial charge in [0.15, 0.2) is 0 Å². The van der Waals surface area contributed by atoms with E-state index in [9.17, 15) is 8.42 Å². The van der Waals surface area contributed by atoms with E-state index in [1.54, 1.807) is 42.9 Å². The molecule has 9 heteroatoms. The van der Waals surface area contributed by atoms with Crippen molar-refractivity contribution in [3.05, 3.63) is 180 Å². The number of nitrogens with zero attached hydrogens (tertiary/aromatic N) is 5. The predicted octanol–water partition coefficient (Wildman–Crippen LogP) is 5.75. The minimum Gasteiger partial charge on any atom is -0.318 e. The molecule has 0 aliphatic rings. The lowest BCUT2D eigenvalue weighted by Crippen LogP contribution is -2.37. The summed E-state index contributed by atoms with van der Waals surface area (Å²) in [6.07, 6.45) is 5.46. The summed E-state index contributed by atoms with van der Waals surface area (Å²) in [7, 11) is -3.93.